The number of pyridine rings is 5. The van der Waals surface area contributed by atoms with E-state index in [9.17, 15) is 39.0 Å². The van der Waals surface area contributed by atoms with Crippen LogP contribution in [0.4, 0.5) is 5.69 Å². The van der Waals surface area contributed by atoms with Crippen molar-refractivity contribution in [2.75, 3.05) is 27.1 Å². The molecule has 754 valence electrons. The molecule has 0 radical (unpaired) electrons. The van der Waals surface area contributed by atoms with E-state index in [1.54, 1.807) is 54.6 Å². The largest absolute Gasteiger partial charge is 0.481 e. The number of rotatable bonds is 23. The predicted molar refractivity (Wildman–Crippen MR) is 622 cm³/mol. The fraction of sp³-hybridized carbons (Fsp3) is 0.195. The lowest BCUT2D eigenvalue weighted by Gasteiger charge is -2.23. The van der Waals surface area contributed by atoms with E-state index >= 15 is 0 Å². The van der Waals surface area contributed by atoms with Crippen LogP contribution in [0.1, 0.15) is 144 Å². The van der Waals surface area contributed by atoms with E-state index in [1.165, 1.54) is 21.3 Å². The van der Waals surface area contributed by atoms with Crippen LogP contribution in [0.3, 0.4) is 0 Å². The SMILES string of the molecule is C=C(C)CC(C(=O)OC)c1c(C)nc2ccc(Br)cc2c1-c1ccc(Cl)cc1.COC(=O)C(CC(C)C)c1c(C)nc2ccc(Br)cc2c1-c1ccc(Cl)cc1.COC(=O)Cc1c(C)nc2ccc(Br)cc2c1-c1ccc(Cl)cc1.Cc1nc2ccc(Br)cc2c(-c2ccc(Cl)cc2)c1C(CC(C)C)C(=O)O.Cc1nc2ccc(Br)cc2c(-c2ccc(Cl)cc2)c1CC(=O)O.Nc1ccc(Br)cc1C(=O)c1ccc(Cl)cc1. The maximum atomic E-state index is 12.8. The van der Waals surface area contributed by atoms with Crippen LogP contribution in [-0.2, 0) is 51.0 Å². The van der Waals surface area contributed by atoms with Crippen molar-refractivity contribution in [3.05, 3.63) is 391 Å². The van der Waals surface area contributed by atoms with E-state index in [0.29, 0.717) is 72.1 Å². The van der Waals surface area contributed by atoms with Crippen LogP contribution in [-0.4, -0.2) is 92.1 Å². The van der Waals surface area contributed by atoms with E-state index in [-0.39, 0.29) is 48.4 Å². The molecule has 4 N–H and O–H groups in total. The zero-order valence-electron chi connectivity index (χ0n) is 82.3. The molecule has 0 saturated heterocycles. The van der Waals surface area contributed by atoms with Crippen LogP contribution in [0.25, 0.3) is 110 Å². The van der Waals surface area contributed by atoms with Crippen molar-refractivity contribution < 1.29 is 53.2 Å². The number of fused-ring (bicyclic) bond motifs is 5. The molecule has 0 spiro atoms. The van der Waals surface area contributed by atoms with E-state index in [4.69, 9.17) is 105 Å². The number of carbonyl (C=O) groups excluding carboxylic acids is 4. The molecule has 17 rings (SSSR count). The van der Waals surface area contributed by atoms with Gasteiger partial charge in [0.25, 0.3) is 0 Å². The lowest BCUT2D eigenvalue weighted by molar-refractivity contribution is -0.143. The second kappa shape index (κ2) is 52.4. The summed E-state index contributed by atoms with van der Waals surface area (Å²) in [6.45, 7) is 23.8. The van der Waals surface area contributed by atoms with Gasteiger partial charge in [0.1, 0.15) is 0 Å². The quantitative estimate of drug-likeness (QED) is 0.0177. The highest BCUT2D eigenvalue weighted by Crippen LogP contribution is 2.47. The Morgan fingerprint density at radius 2 is 0.612 bits per heavy atom. The number of carboxylic acids is 2. The van der Waals surface area contributed by atoms with Gasteiger partial charge in [0.15, 0.2) is 5.78 Å². The number of hydrogen-bond donors (Lipinski definition) is 3. The summed E-state index contributed by atoms with van der Waals surface area (Å²) in [5.74, 6) is -3.52. The van der Waals surface area contributed by atoms with E-state index < -0.39 is 23.8 Å². The molecule has 0 amide bonds. The monoisotopic (exact) mass is 2460 g/mol. The topological polar surface area (TPSA) is 261 Å². The van der Waals surface area contributed by atoms with Crippen LogP contribution in [0.2, 0.25) is 30.1 Å². The Hall–Kier alpha value is -11.1. The van der Waals surface area contributed by atoms with Gasteiger partial charge in [0.05, 0.1) is 79.5 Å². The molecule has 17 nitrogen and oxygen atoms in total. The van der Waals surface area contributed by atoms with Crippen LogP contribution in [0.5, 0.6) is 0 Å². The molecule has 0 aliphatic heterocycles. The fourth-order valence-electron chi connectivity index (χ4n) is 17.7. The zero-order chi connectivity index (χ0) is 107. The molecule has 12 aromatic carbocycles. The summed E-state index contributed by atoms with van der Waals surface area (Å²) in [7, 11) is 4.25. The highest BCUT2D eigenvalue weighted by atomic mass is 79.9. The number of esters is 3. The second-order valence-corrected chi connectivity index (χ2v) is 43.9. The van der Waals surface area contributed by atoms with Gasteiger partial charge in [-0.2, -0.15) is 0 Å². The lowest BCUT2D eigenvalue weighted by Crippen LogP contribution is -2.19. The number of methoxy groups -OCH3 is 3. The van der Waals surface area contributed by atoms with Gasteiger partial charge < -0.3 is 30.2 Å². The highest BCUT2D eigenvalue weighted by Gasteiger charge is 2.34. The van der Waals surface area contributed by atoms with Crippen molar-refractivity contribution in [1.82, 2.24) is 24.9 Å². The number of anilines is 1. The van der Waals surface area contributed by atoms with Gasteiger partial charge in [-0.15, -0.1) is 6.58 Å². The minimum Gasteiger partial charge on any atom is -0.481 e. The Labute approximate surface area is 934 Å². The van der Waals surface area contributed by atoms with Crippen molar-refractivity contribution >= 4 is 261 Å². The van der Waals surface area contributed by atoms with Crippen molar-refractivity contribution in [3.8, 4) is 55.6 Å². The number of ether oxygens (including phenoxy) is 3. The molecule has 5 heterocycles. The molecule has 0 bridgehead atoms. The Morgan fingerprint density at radius 1 is 0.347 bits per heavy atom. The van der Waals surface area contributed by atoms with E-state index in [2.05, 4.69) is 132 Å². The third-order valence-corrected chi connectivity index (χ3v) is 28.7. The summed E-state index contributed by atoms with van der Waals surface area (Å²) < 4.78 is 20.7. The lowest BCUT2D eigenvalue weighted by atomic mass is 9.83. The molecule has 5 aromatic heterocycles. The normalized spacial score (nSPS) is 11.6. The molecule has 17 aromatic rings. The van der Waals surface area contributed by atoms with Gasteiger partial charge in [0.2, 0.25) is 0 Å². The van der Waals surface area contributed by atoms with Gasteiger partial charge in [-0.25, -0.2) is 0 Å². The van der Waals surface area contributed by atoms with Crippen LogP contribution >= 0.6 is 165 Å². The minimum absolute atomic E-state index is 0.0702. The molecule has 3 unspecified atom stereocenters. The van der Waals surface area contributed by atoms with Crippen molar-refractivity contribution in [1.29, 1.82) is 0 Å². The van der Waals surface area contributed by atoms with E-state index in [0.717, 1.165) is 199 Å². The Kier molecular flexibility index (Phi) is 40.8. The Morgan fingerprint density at radius 3 is 0.912 bits per heavy atom. The number of aliphatic carboxylic acids is 2. The molecular formula is C118H102Br6Cl6N6O11. The standard InChI is InChI=1S/C23H23BrClNO2.C23H21BrClNO2.C22H21BrClNO2.C19H15BrClNO2.C18H13BrClNO2.C13H9BrClNO/c2*1-13(2)11-19(23(27)28-4)21-14(3)26-20-10-7-16(24)12-18(20)22(21)15-5-8-17(25)9-6-15;1-12(2)10-18(22(26)27)20-13(3)25-19-9-6-15(23)11-17(19)21(20)14-4-7-16(24)8-5-14;1-11-15(10-18(23)24-2)19(12-3-6-14(21)7-4-12)16-9-13(20)5-8-17(16)22-11;1-10-14(9-17(22)23)18(11-2-5-13(20)6-3-11)15-8-12(19)4-7-16(15)21-10;14-9-3-6-12(16)11(7-9)13(17)8-1-4-10(15)5-2-8/h5-10,12-13,19H,11H2,1-4H3;5-10,12,19H,1,11H2,2-4H3;4-9,11-12,18H,10H2,1-3H3,(H,26,27);3-9H,10H2,1-2H3;2-8H,9H2,1H3,(H,22,23);1-7H,16H2. The Balaban J connectivity index is 0.000000158. The van der Waals surface area contributed by atoms with Crippen molar-refractivity contribution in [2.45, 2.75) is 119 Å². The van der Waals surface area contributed by atoms with Crippen molar-refractivity contribution in [2.24, 2.45) is 11.8 Å². The average molecular weight is 2470 g/mol. The number of ketones is 1. The Bertz CT molecular complexity index is 7830. The number of benzene rings is 12. The van der Waals surface area contributed by atoms with Crippen molar-refractivity contribution in [3.63, 3.8) is 0 Å². The molecule has 147 heavy (non-hydrogen) atoms. The predicted octanol–water partition coefficient (Wildman–Crippen LogP) is 35.1. The molecule has 3 atom stereocenters. The molecule has 29 heteroatoms. The third kappa shape index (κ3) is 29.3. The first-order valence-electron chi connectivity index (χ1n) is 46.4. The van der Waals surface area contributed by atoms with Crippen LogP contribution in [0.15, 0.2) is 294 Å². The molecule has 0 saturated carbocycles. The summed E-state index contributed by atoms with van der Waals surface area (Å²) >= 11 is 57.1. The number of nitrogens with two attached hydrogens (primary N) is 1. The van der Waals surface area contributed by atoms with Crippen LogP contribution < -0.4 is 5.73 Å². The number of carboxylic acid groups (broad SMARTS) is 2. The number of carbonyl (C=O) groups is 6. The molecular weight excluding hydrogens is 2370 g/mol. The third-order valence-electron chi connectivity index (χ3n) is 24.2. The number of nitrogen functional groups attached to an aromatic ring is 1. The van der Waals surface area contributed by atoms with Gasteiger partial charge in [0, 0.05) is 129 Å². The fourth-order valence-corrected chi connectivity index (χ4v) is 20.6. The molecule has 0 fully saturated rings. The zero-order valence-corrected chi connectivity index (χ0v) is 96.3. The smallest absolute Gasteiger partial charge is 0.313 e. The van der Waals surface area contributed by atoms with Gasteiger partial charge >= 0.3 is 29.8 Å². The first-order chi connectivity index (χ1) is 69.9. The number of allylic oxidation sites excluding steroid dienone is 1. The number of aryl methyl sites for hydroxylation is 5. The number of nitrogens with zero attached hydrogens (tertiary/aromatic N) is 5. The maximum Gasteiger partial charge on any atom is 0.313 e. The summed E-state index contributed by atoms with van der Waals surface area (Å²) in [4.78, 5) is 96.6. The van der Waals surface area contributed by atoms with Gasteiger partial charge in [-0.05, 0) is 350 Å². The highest BCUT2D eigenvalue weighted by molar-refractivity contribution is 9.11. The number of halogens is 12. The summed E-state index contributed by atoms with van der Waals surface area (Å²) in [6, 6.07) is 79.6. The van der Waals surface area contributed by atoms with E-state index in [1.807, 2.05) is 250 Å². The first-order valence-corrected chi connectivity index (χ1v) is 53.4. The first kappa shape index (κ1) is 115. The van der Waals surface area contributed by atoms with Gasteiger partial charge in [-0.3, -0.25) is 53.7 Å². The summed E-state index contributed by atoms with van der Waals surface area (Å²) in [5, 5.41) is 28.0. The van der Waals surface area contributed by atoms with Gasteiger partial charge in [-0.1, -0.05) is 259 Å². The maximum absolute atomic E-state index is 12.8. The average Bonchev–Trinajstić information content (AvgIpc) is 0.753. The number of hydrogen-bond acceptors (Lipinski definition) is 15. The molecule has 0 aliphatic rings. The number of aromatic nitrogens is 5. The molecule has 0 aliphatic carbocycles. The van der Waals surface area contributed by atoms with Crippen LogP contribution in [0, 0.1) is 46.5 Å². The second-order valence-electron chi connectivity index (χ2n) is 35.8. The minimum atomic E-state index is -0.875. The summed E-state index contributed by atoms with van der Waals surface area (Å²) in [6.07, 6.45) is 1.84. The summed E-state index contributed by atoms with van der Waals surface area (Å²) in [5.41, 5.74) is 30.3.